The lowest BCUT2D eigenvalue weighted by atomic mass is 9.98. The molecule has 0 radical (unpaired) electrons. The Morgan fingerprint density at radius 1 is 1.46 bits per heavy atom. The zero-order chi connectivity index (χ0) is 9.68. The van der Waals surface area contributed by atoms with E-state index in [1.54, 1.807) is 0 Å². The average molecular weight is 185 g/mol. The molecule has 0 spiro atoms. The first kappa shape index (κ1) is 10.5. The van der Waals surface area contributed by atoms with Gasteiger partial charge < -0.3 is 10.1 Å². The van der Waals surface area contributed by atoms with Crippen molar-refractivity contribution in [3.8, 4) is 0 Å². The van der Waals surface area contributed by atoms with Gasteiger partial charge in [-0.2, -0.15) is 0 Å². The van der Waals surface area contributed by atoms with E-state index in [1.165, 1.54) is 26.4 Å². The molecular formula is C10H19NO2. The second-order valence-electron chi connectivity index (χ2n) is 3.72. The van der Waals surface area contributed by atoms with E-state index in [9.17, 15) is 4.79 Å². The normalized spacial score (nSPS) is 26.2. The van der Waals surface area contributed by atoms with Gasteiger partial charge in [0.1, 0.15) is 0 Å². The molecule has 3 heteroatoms. The largest absolute Gasteiger partial charge is 0.469 e. The Labute approximate surface area is 79.8 Å². The van der Waals surface area contributed by atoms with Crippen LogP contribution in [0.4, 0.5) is 0 Å². The van der Waals surface area contributed by atoms with Crippen LogP contribution in [0, 0.1) is 5.92 Å². The van der Waals surface area contributed by atoms with Crippen molar-refractivity contribution in [3.05, 3.63) is 0 Å². The van der Waals surface area contributed by atoms with Gasteiger partial charge in [0.2, 0.25) is 0 Å². The second-order valence-corrected chi connectivity index (χ2v) is 3.72. The number of carbonyl (C=O) groups excluding carboxylic acids is 1. The summed E-state index contributed by atoms with van der Waals surface area (Å²) in [5, 5.41) is 3.40. The Hall–Kier alpha value is -0.570. The predicted molar refractivity (Wildman–Crippen MR) is 51.4 cm³/mol. The molecule has 1 rings (SSSR count). The van der Waals surface area contributed by atoms with Crippen LogP contribution >= 0.6 is 0 Å². The zero-order valence-corrected chi connectivity index (χ0v) is 8.51. The maximum atomic E-state index is 11.3. The first-order chi connectivity index (χ1) is 6.25. The van der Waals surface area contributed by atoms with Gasteiger partial charge >= 0.3 is 5.97 Å². The molecule has 0 bridgehead atoms. The number of carbonyl (C=O) groups is 1. The van der Waals surface area contributed by atoms with Crippen molar-refractivity contribution in [1.82, 2.24) is 5.32 Å². The number of nitrogens with one attached hydrogen (secondary N) is 1. The van der Waals surface area contributed by atoms with E-state index < -0.39 is 0 Å². The summed E-state index contributed by atoms with van der Waals surface area (Å²) in [6, 6.07) is 0.315. The molecule has 0 aliphatic carbocycles. The van der Waals surface area contributed by atoms with E-state index in [2.05, 4.69) is 5.32 Å². The van der Waals surface area contributed by atoms with Crippen LogP contribution in [0.25, 0.3) is 0 Å². The summed E-state index contributed by atoms with van der Waals surface area (Å²) in [6.07, 6.45) is 4.82. The third-order valence-electron chi connectivity index (χ3n) is 2.77. The van der Waals surface area contributed by atoms with Crippen LogP contribution in [0.5, 0.6) is 0 Å². The van der Waals surface area contributed by atoms with E-state index in [-0.39, 0.29) is 11.9 Å². The highest BCUT2D eigenvalue weighted by Crippen LogP contribution is 2.16. The molecule has 2 unspecified atom stereocenters. The lowest BCUT2D eigenvalue weighted by Crippen LogP contribution is -2.38. The first-order valence-electron chi connectivity index (χ1n) is 5.07. The molecule has 1 aliphatic heterocycles. The summed E-state index contributed by atoms with van der Waals surface area (Å²) in [6.45, 7) is 2.97. The van der Waals surface area contributed by atoms with Gasteiger partial charge in [-0.05, 0) is 19.4 Å². The molecule has 0 saturated carbocycles. The molecule has 1 heterocycles. The Balaban J connectivity index is 2.43. The van der Waals surface area contributed by atoms with Crippen LogP contribution in [-0.4, -0.2) is 25.7 Å². The van der Waals surface area contributed by atoms with Gasteiger partial charge in [-0.1, -0.05) is 19.8 Å². The Morgan fingerprint density at radius 3 is 2.92 bits per heavy atom. The topological polar surface area (TPSA) is 38.3 Å². The second kappa shape index (κ2) is 5.22. The molecule has 3 nitrogen and oxygen atoms in total. The van der Waals surface area contributed by atoms with Crippen LogP contribution in [0.15, 0.2) is 0 Å². The molecule has 1 fully saturated rings. The van der Waals surface area contributed by atoms with Crippen LogP contribution in [0.3, 0.4) is 0 Å². The Bertz CT molecular complexity index is 162. The predicted octanol–water partition coefficient (Wildman–Crippen LogP) is 1.33. The van der Waals surface area contributed by atoms with Gasteiger partial charge in [0, 0.05) is 6.04 Å². The van der Waals surface area contributed by atoms with Gasteiger partial charge in [-0.25, -0.2) is 0 Å². The van der Waals surface area contributed by atoms with E-state index >= 15 is 0 Å². The molecule has 0 aromatic heterocycles. The molecule has 0 aromatic rings. The third-order valence-corrected chi connectivity index (χ3v) is 2.77. The van der Waals surface area contributed by atoms with Crippen LogP contribution in [-0.2, 0) is 9.53 Å². The van der Waals surface area contributed by atoms with Gasteiger partial charge in [0.15, 0.2) is 0 Å². The maximum Gasteiger partial charge on any atom is 0.309 e. The van der Waals surface area contributed by atoms with Gasteiger partial charge in [-0.3, -0.25) is 4.79 Å². The number of ether oxygens (including phenoxy) is 1. The van der Waals surface area contributed by atoms with Gasteiger partial charge in [0.05, 0.1) is 13.0 Å². The fourth-order valence-electron chi connectivity index (χ4n) is 1.83. The van der Waals surface area contributed by atoms with E-state index in [0.29, 0.717) is 6.04 Å². The van der Waals surface area contributed by atoms with Crippen molar-refractivity contribution >= 4 is 5.97 Å². The zero-order valence-electron chi connectivity index (χ0n) is 8.51. The monoisotopic (exact) mass is 185 g/mol. The molecular weight excluding hydrogens is 166 g/mol. The third kappa shape index (κ3) is 2.99. The van der Waals surface area contributed by atoms with Crippen molar-refractivity contribution in [2.24, 2.45) is 5.92 Å². The smallest absolute Gasteiger partial charge is 0.309 e. The van der Waals surface area contributed by atoms with Crippen LogP contribution in [0.2, 0.25) is 0 Å². The summed E-state index contributed by atoms with van der Waals surface area (Å²) in [4.78, 5) is 11.3. The highest BCUT2D eigenvalue weighted by Gasteiger charge is 2.24. The quantitative estimate of drug-likeness (QED) is 0.659. The highest BCUT2D eigenvalue weighted by molar-refractivity contribution is 5.72. The Kier molecular flexibility index (Phi) is 4.22. The fourth-order valence-corrected chi connectivity index (χ4v) is 1.83. The van der Waals surface area contributed by atoms with E-state index in [4.69, 9.17) is 4.74 Å². The minimum absolute atomic E-state index is 0.0110. The van der Waals surface area contributed by atoms with Gasteiger partial charge in [0.25, 0.3) is 0 Å². The standard InChI is InChI=1S/C10H19NO2/c1-8(10(12)13-2)9-6-4-3-5-7-11-9/h8-9,11H,3-7H2,1-2H3. The van der Waals surface area contributed by atoms with Crippen molar-refractivity contribution in [1.29, 1.82) is 0 Å². The molecule has 76 valence electrons. The van der Waals surface area contributed by atoms with E-state index in [0.717, 1.165) is 13.0 Å². The average Bonchev–Trinajstić information content (AvgIpc) is 2.43. The van der Waals surface area contributed by atoms with Crippen LogP contribution in [0.1, 0.15) is 32.6 Å². The minimum Gasteiger partial charge on any atom is -0.469 e. The van der Waals surface area contributed by atoms with Crippen molar-refractivity contribution in [2.75, 3.05) is 13.7 Å². The van der Waals surface area contributed by atoms with Crippen molar-refractivity contribution in [3.63, 3.8) is 0 Å². The first-order valence-corrected chi connectivity index (χ1v) is 5.07. The lowest BCUT2D eigenvalue weighted by molar-refractivity contribution is -0.145. The molecule has 0 amide bonds. The number of hydrogen-bond acceptors (Lipinski definition) is 3. The molecule has 13 heavy (non-hydrogen) atoms. The van der Waals surface area contributed by atoms with Crippen molar-refractivity contribution in [2.45, 2.75) is 38.6 Å². The number of esters is 1. The Morgan fingerprint density at radius 2 is 2.23 bits per heavy atom. The maximum absolute atomic E-state index is 11.3. The lowest BCUT2D eigenvalue weighted by Gasteiger charge is -2.21. The summed E-state index contributed by atoms with van der Waals surface area (Å²) in [7, 11) is 1.45. The SMILES string of the molecule is COC(=O)C(C)C1CCCCCN1. The summed E-state index contributed by atoms with van der Waals surface area (Å²) >= 11 is 0. The fraction of sp³-hybridized carbons (Fsp3) is 0.900. The summed E-state index contributed by atoms with van der Waals surface area (Å²) < 4.78 is 4.73. The molecule has 1 N–H and O–H groups in total. The highest BCUT2D eigenvalue weighted by atomic mass is 16.5. The molecule has 0 aromatic carbocycles. The number of hydrogen-bond donors (Lipinski definition) is 1. The number of methoxy groups -OCH3 is 1. The molecule has 1 saturated heterocycles. The minimum atomic E-state index is -0.0978. The van der Waals surface area contributed by atoms with E-state index in [1.807, 2.05) is 6.92 Å². The molecule has 1 aliphatic rings. The summed E-state index contributed by atoms with van der Waals surface area (Å²) in [5.41, 5.74) is 0. The molecule has 2 atom stereocenters. The van der Waals surface area contributed by atoms with Crippen LogP contribution < -0.4 is 5.32 Å². The van der Waals surface area contributed by atoms with Gasteiger partial charge in [-0.15, -0.1) is 0 Å². The summed E-state index contributed by atoms with van der Waals surface area (Å²) in [5.74, 6) is -0.109. The number of rotatable bonds is 2. The van der Waals surface area contributed by atoms with Crippen molar-refractivity contribution < 1.29 is 9.53 Å².